The normalized spacial score (nSPS) is 12.6. The van der Waals surface area contributed by atoms with Crippen LogP contribution in [0.4, 0.5) is 19.0 Å². The molecule has 4 aromatic carbocycles. The van der Waals surface area contributed by atoms with Crippen LogP contribution in [0.2, 0.25) is 0 Å². The summed E-state index contributed by atoms with van der Waals surface area (Å²) in [5, 5.41) is 6.52. The average molecular weight is 840 g/mol. The average Bonchev–Trinajstić information content (AvgIpc) is 3.87. The van der Waals surface area contributed by atoms with E-state index in [0.717, 1.165) is 30.8 Å². The molecule has 55 heavy (non-hydrogen) atoms. The van der Waals surface area contributed by atoms with E-state index in [2.05, 4.69) is 31.7 Å². The van der Waals surface area contributed by atoms with Crippen molar-refractivity contribution in [2.24, 2.45) is 0 Å². The summed E-state index contributed by atoms with van der Waals surface area (Å²) in [6.45, 7) is 3.71. The summed E-state index contributed by atoms with van der Waals surface area (Å²) in [5.41, 5.74) is 16.4. The van der Waals surface area contributed by atoms with Crippen LogP contribution >= 0.6 is 22.7 Å². The van der Waals surface area contributed by atoms with Gasteiger partial charge in [-0.25, -0.2) is 8.78 Å². The van der Waals surface area contributed by atoms with E-state index in [9.17, 15) is 18.4 Å². The van der Waals surface area contributed by atoms with Crippen molar-refractivity contribution in [3.8, 4) is 22.5 Å². The second kappa shape index (κ2) is 15.7. The van der Waals surface area contributed by atoms with Gasteiger partial charge in [0.15, 0.2) is 0 Å². The molecule has 4 aromatic heterocycles. The molecule has 0 spiro atoms. The van der Waals surface area contributed by atoms with Crippen LogP contribution in [-0.4, -0.2) is 24.9 Å². The van der Waals surface area contributed by atoms with Crippen LogP contribution in [0, 0.1) is 11.6 Å². The van der Waals surface area contributed by atoms with Crippen LogP contribution in [0.1, 0.15) is 37.1 Å². The van der Waals surface area contributed by atoms with Crippen molar-refractivity contribution in [2.45, 2.75) is 25.9 Å². The van der Waals surface area contributed by atoms with Gasteiger partial charge in [-0.05, 0) is 48.5 Å². The van der Waals surface area contributed by atoms with E-state index in [0.29, 0.717) is 43.9 Å². The van der Waals surface area contributed by atoms with Crippen molar-refractivity contribution >= 4 is 78.8 Å². The van der Waals surface area contributed by atoms with Crippen LogP contribution < -0.4 is 41.9 Å². The van der Waals surface area contributed by atoms with Gasteiger partial charge in [-0.15, -0.1) is 0 Å². The molecule has 2 unspecified atom stereocenters. The Kier molecular flexibility index (Phi) is 10.4. The predicted octanol–water partition coefficient (Wildman–Crippen LogP) is 7.44. The number of hydrogen-bond donors (Lipinski definition) is 4. The molecule has 8 rings (SSSR count). The van der Waals surface area contributed by atoms with Gasteiger partial charge in [0.1, 0.15) is 11.6 Å². The zero-order valence-corrected chi connectivity index (χ0v) is 32.4. The summed E-state index contributed by atoms with van der Waals surface area (Å²) < 4.78 is 40.2. The molecule has 0 amide bonds. The van der Waals surface area contributed by atoms with Gasteiger partial charge in [0.25, 0.3) is 0 Å². The number of rotatable bonds is 12. The molecule has 10 nitrogen and oxygen atoms in total. The van der Waals surface area contributed by atoms with Crippen LogP contribution in [0.5, 0.6) is 0 Å². The van der Waals surface area contributed by atoms with Crippen molar-refractivity contribution in [1.29, 1.82) is 0 Å². The summed E-state index contributed by atoms with van der Waals surface area (Å²) >= 11 is 2.65. The Morgan fingerprint density at radius 2 is 1.02 bits per heavy atom. The Morgan fingerprint density at radius 3 is 1.44 bits per heavy atom. The van der Waals surface area contributed by atoms with Crippen molar-refractivity contribution in [3.63, 3.8) is 0 Å². The van der Waals surface area contributed by atoms with Gasteiger partial charge in [0.05, 0.1) is 0 Å². The van der Waals surface area contributed by atoms with Gasteiger partial charge in [-0.3, -0.25) is 0 Å². The van der Waals surface area contributed by atoms with Gasteiger partial charge < -0.3 is 0 Å². The molecule has 8 aromatic rings. The van der Waals surface area contributed by atoms with E-state index in [4.69, 9.17) is 8.83 Å². The van der Waals surface area contributed by atoms with E-state index < -0.39 is 23.3 Å². The molecule has 276 valence electrons. The van der Waals surface area contributed by atoms with Gasteiger partial charge in [0, 0.05) is 0 Å². The molecule has 0 bridgehead atoms. The Labute approximate surface area is 326 Å². The van der Waals surface area contributed by atoms with Crippen LogP contribution in [0.15, 0.2) is 126 Å². The first-order chi connectivity index (χ1) is 26.6. The summed E-state index contributed by atoms with van der Waals surface area (Å²) in [7, 11) is 0. The molecule has 0 radical (unpaired) electrons. The van der Waals surface area contributed by atoms with Gasteiger partial charge >= 0.3 is 259 Å². The van der Waals surface area contributed by atoms with Crippen LogP contribution in [0.25, 0.3) is 44.5 Å². The number of aromatic nitrogens is 2. The number of benzene rings is 4. The fourth-order valence-corrected chi connectivity index (χ4v) is 9.05. The van der Waals surface area contributed by atoms with Gasteiger partial charge in [-0.1, -0.05) is 0 Å². The van der Waals surface area contributed by atoms with Crippen molar-refractivity contribution < 1.29 is 17.6 Å². The summed E-state index contributed by atoms with van der Waals surface area (Å²) in [5.74, 6) is -0.618. The zero-order valence-electron chi connectivity index (χ0n) is 29.1. The van der Waals surface area contributed by atoms with E-state index >= 15 is 0 Å². The first kappa shape index (κ1) is 36.4. The number of thiazole rings is 2. The number of anilines is 2. The molecule has 0 aliphatic heterocycles. The van der Waals surface area contributed by atoms with Crippen molar-refractivity contribution in [2.75, 3.05) is 10.9 Å². The van der Waals surface area contributed by atoms with Gasteiger partial charge in [-0.2, -0.15) is 0 Å². The second-order valence-electron chi connectivity index (χ2n) is 12.6. The molecule has 4 N–H and O–H groups in total. The molecule has 0 aliphatic carbocycles. The fraction of sp³-hybridized carbons (Fsp3) is 0.100. The number of fused-ring (bicyclic) bond motifs is 2. The number of hydrazine groups is 2. The van der Waals surface area contributed by atoms with Crippen LogP contribution in [0.3, 0.4) is 0 Å². The molecular weight excluding hydrogens is 810 g/mol. The van der Waals surface area contributed by atoms with Crippen LogP contribution in [-0.2, 0) is 0 Å². The number of nitrogens with zero attached hydrogens (tertiary/aromatic N) is 2. The third-order valence-corrected chi connectivity index (χ3v) is 12.3. The molecule has 4 heterocycles. The molecule has 0 saturated heterocycles. The SMILES string of the molecule is CC(NNc1nc(-c2ccc(F)cc2)cs1)c1cc2cc([Se]c3ccc4oc(=O)c(C(C)NNc5nc(-c6ccc(F)cc6)cs5)cc4c3)ccc2oc1=O. The van der Waals surface area contributed by atoms with E-state index in [-0.39, 0.29) is 26.6 Å². The van der Waals surface area contributed by atoms with E-state index in [1.807, 2.05) is 73.1 Å². The Hall–Kier alpha value is -5.54. The number of halogens is 2. The first-order valence-corrected chi connectivity index (χ1v) is 20.4. The molecule has 0 saturated carbocycles. The topological polar surface area (TPSA) is 134 Å². The minimum atomic E-state index is -0.439. The number of nitrogens with one attached hydrogen (secondary N) is 4. The molecular formula is C40H30F2N6O4S2Se. The second-order valence-corrected chi connectivity index (χ2v) is 16.7. The molecule has 0 fully saturated rings. The maximum atomic E-state index is 13.3. The third kappa shape index (κ3) is 8.27. The molecule has 0 aliphatic rings. The number of hydrogen-bond acceptors (Lipinski definition) is 12. The third-order valence-electron chi connectivity index (χ3n) is 8.71. The fourth-order valence-electron chi connectivity index (χ4n) is 5.77. The van der Waals surface area contributed by atoms with Gasteiger partial charge in [0.2, 0.25) is 0 Å². The maximum absolute atomic E-state index is 13.3. The van der Waals surface area contributed by atoms with E-state index in [1.165, 1.54) is 46.9 Å². The Balaban J connectivity index is 0.941. The summed E-state index contributed by atoms with van der Waals surface area (Å²) in [6, 6.07) is 26.7. The van der Waals surface area contributed by atoms with Crippen molar-refractivity contribution in [3.05, 3.63) is 151 Å². The Bertz CT molecular complexity index is 2580. The molecule has 15 heteroatoms. The summed E-state index contributed by atoms with van der Waals surface area (Å²) in [6.07, 6.45) is 0. The Morgan fingerprint density at radius 1 is 0.600 bits per heavy atom. The minimum absolute atomic E-state index is 0.119. The predicted molar refractivity (Wildman–Crippen MR) is 215 cm³/mol. The zero-order chi connectivity index (χ0) is 38.1. The quantitative estimate of drug-likeness (QED) is 0.0559. The van der Waals surface area contributed by atoms with E-state index in [1.54, 1.807) is 24.3 Å². The monoisotopic (exact) mass is 840 g/mol. The van der Waals surface area contributed by atoms with Crippen molar-refractivity contribution in [1.82, 2.24) is 20.8 Å². The standard InChI is InChI=1S/C40H30F2N6O4S2Se/c1-21(45-47-39-43-33(19-53-39)23-3-7-27(41)8-4-23)31-17-25-15-29(11-13-35(25)51-37(31)49)55-30-12-14-36-26(16-30)18-32(38(50)52-36)22(2)46-48-40-44-34(20-54-40)24-5-9-28(42)10-6-24/h3-22,45-46H,1-2H3,(H,43,47)(H,44,48). The summed E-state index contributed by atoms with van der Waals surface area (Å²) in [4.78, 5) is 35.0. The first-order valence-electron chi connectivity index (χ1n) is 16.9. The molecule has 2 atom stereocenters.